The van der Waals surface area contributed by atoms with Gasteiger partial charge in [0.1, 0.15) is 23.3 Å². The van der Waals surface area contributed by atoms with Crippen molar-refractivity contribution in [2.24, 2.45) is 0 Å². The van der Waals surface area contributed by atoms with Crippen LogP contribution >= 0.6 is 46.4 Å². The number of aliphatic hydroxyl groups excluding tert-OH is 1. The molecule has 8 heterocycles. The highest BCUT2D eigenvalue weighted by atomic mass is 35.5. The van der Waals surface area contributed by atoms with Crippen LogP contribution in [0, 0.1) is 0 Å². The van der Waals surface area contributed by atoms with Crippen molar-refractivity contribution in [2.45, 2.75) is 82.1 Å². The fourth-order valence-electron chi connectivity index (χ4n) is 12.6. The van der Waals surface area contributed by atoms with E-state index >= 15 is 0 Å². The lowest BCUT2D eigenvalue weighted by molar-refractivity contribution is 0.101. The number of carbonyl (C=O) groups is 4. The lowest BCUT2D eigenvalue weighted by Crippen LogP contribution is -2.43. The number of pyridine rings is 4. The van der Waals surface area contributed by atoms with E-state index in [4.69, 9.17) is 51.5 Å². The van der Waals surface area contributed by atoms with Gasteiger partial charge in [0.05, 0.1) is 28.9 Å². The molecule has 4 aromatic heterocycles. The molecule has 25 heteroatoms. The zero-order chi connectivity index (χ0) is 72.1. The Morgan fingerprint density at radius 1 is 0.427 bits per heavy atom. The molecule has 4 saturated heterocycles. The minimum absolute atomic E-state index is 0.156. The minimum Gasteiger partial charge on any atom is -0.395 e. The van der Waals surface area contributed by atoms with Crippen molar-refractivity contribution in [3.8, 4) is 0 Å². The molecule has 10 N–H and O–H groups in total. The number of hydrogen-bond donors (Lipinski definition) is 10. The van der Waals surface area contributed by atoms with Crippen LogP contribution in [0.2, 0.25) is 20.1 Å². The lowest BCUT2D eigenvalue weighted by atomic mass is 10.0. The summed E-state index contributed by atoms with van der Waals surface area (Å²) in [6.07, 6.45) is 15.4. The number of anilines is 8. The number of hydrogen-bond acceptors (Lipinski definition) is 17. The van der Waals surface area contributed by atoms with Crippen molar-refractivity contribution in [1.82, 2.24) is 40.0 Å². The summed E-state index contributed by atoms with van der Waals surface area (Å²) < 4.78 is 0. The SMILES string of the molecule is CN1CCCC(Nc2ncccc2C(=O)Nc2cccc(Cl)c2)C1.O=C(Nc1cccc(Cl)c1)c1cccnc1NC1CCCN(CCO)C1.O=C(Nc1cccc(Cl)c1)c1cccnc1NC1CCCN(Cc2ccccc2)C1.O=C(Nc1cccc(Cl)c1)c1cccnc1NC1CCCNC1. The average Bonchev–Trinajstić information content (AvgIpc) is 0.867. The molecule has 9 aromatic rings. The van der Waals surface area contributed by atoms with Gasteiger partial charge in [-0.1, -0.05) is 101 Å². The summed E-state index contributed by atoms with van der Waals surface area (Å²) in [5.74, 6) is 1.59. The van der Waals surface area contributed by atoms with Gasteiger partial charge in [-0.15, -0.1) is 0 Å². The van der Waals surface area contributed by atoms with E-state index in [2.05, 4.69) is 114 Å². The Morgan fingerprint density at radius 2 is 0.786 bits per heavy atom. The van der Waals surface area contributed by atoms with Crippen LogP contribution in [0.3, 0.4) is 0 Å². The average molecular weight is 1470 g/mol. The highest BCUT2D eigenvalue weighted by molar-refractivity contribution is 6.32. The Balaban J connectivity index is 0.000000148. The number of amides is 4. The number of likely N-dealkylation sites (tertiary alicyclic amines) is 3. The third-order valence-corrected chi connectivity index (χ3v) is 18.4. The van der Waals surface area contributed by atoms with E-state index in [1.54, 1.807) is 152 Å². The molecule has 4 atom stereocenters. The summed E-state index contributed by atoms with van der Waals surface area (Å²) in [4.78, 5) is 75.1. The van der Waals surface area contributed by atoms with Crippen LogP contribution in [-0.2, 0) is 6.54 Å². The van der Waals surface area contributed by atoms with Gasteiger partial charge in [0, 0.05) is 131 Å². The first-order chi connectivity index (χ1) is 50.2. The summed E-state index contributed by atoms with van der Waals surface area (Å²) in [7, 11) is 2.11. The molecule has 0 spiro atoms. The molecule has 0 aliphatic carbocycles. The van der Waals surface area contributed by atoms with Gasteiger partial charge in [-0.05, 0) is 211 Å². The molecule has 0 saturated carbocycles. The van der Waals surface area contributed by atoms with E-state index in [-0.39, 0.29) is 48.4 Å². The van der Waals surface area contributed by atoms with E-state index < -0.39 is 0 Å². The number of halogens is 4. The predicted octanol–water partition coefficient (Wildman–Crippen LogP) is 14.6. The van der Waals surface area contributed by atoms with Crippen LogP contribution in [0.1, 0.15) is 98.4 Å². The molecular weight excluding hydrogens is 1380 g/mol. The van der Waals surface area contributed by atoms with Crippen molar-refractivity contribution in [3.63, 3.8) is 0 Å². The van der Waals surface area contributed by atoms with Gasteiger partial charge in [-0.2, -0.15) is 0 Å². The fourth-order valence-corrected chi connectivity index (χ4v) is 13.3. The first kappa shape index (κ1) is 76.4. The number of carbonyl (C=O) groups excluding carboxylic acids is 4. The number of nitrogens with zero attached hydrogens (tertiary/aromatic N) is 7. The van der Waals surface area contributed by atoms with E-state index in [9.17, 15) is 19.2 Å². The predicted molar refractivity (Wildman–Crippen MR) is 417 cm³/mol. The van der Waals surface area contributed by atoms with Crippen molar-refractivity contribution in [3.05, 3.63) is 249 Å². The second kappa shape index (κ2) is 40.0. The van der Waals surface area contributed by atoms with Gasteiger partial charge in [-0.3, -0.25) is 29.0 Å². The zero-order valence-corrected chi connectivity index (χ0v) is 60.5. The van der Waals surface area contributed by atoms with Crippen LogP contribution in [-0.4, -0.2) is 160 Å². The maximum atomic E-state index is 12.8. The van der Waals surface area contributed by atoms with E-state index in [1.165, 1.54) is 5.56 Å². The van der Waals surface area contributed by atoms with Gasteiger partial charge in [0.25, 0.3) is 23.6 Å². The van der Waals surface area contributed by atoms with Crippen molar-refractivity contribution < 1.29 is 24.3 Å². The van der Waals surface area contributed by atoms with Crippen molar-refractivity contribution >= 4 is 116 Å². The van der Waals surface area contributed by atoms with Crippen LogP contribution in [0.15, 0.2) is 201 Å². The van der Waals surface area contributed by atoms with E-state index in [1.807, 2.05) is 24.3 Å². The van der Waals surface area contributed by atoms with E-state index in [0.29, 0.717) is 101 Å². The first-order valence-electron chi connectivity index (χ1n) is 34.8. The summed E-state index contributed by atoms with van der Waals surface area (Å²) in [6.45, 7) is 9.56. The molecule has 4 amide bonds. The maximum Gasteiger partial charge on any atom is 0.259 e. The largest absolute Gasteiger partial charge is 0.395 e. The van der Waals surface area contributed by atoms with Gasteiger partial charge in [-0.25, -0.2) is 19.9 Å². The highest BCUT2D eigenvalue weighted by Crippen LogP contribution is 2.27. The molecule has 4 fully saturated rings. The molecule has 0 bridgehead atoms. The quantitative estimate of drug-likeness (QED) is 0.0340. The van der Waals surface area contributed by atoms with Gasteiger partial charge in [0.15, 0.2) is 0 Å². The molecular formula is C78H88Cl4N16O5. The molecule has 4 unspecified atom stereocenters. The highest BCUT2D eigenvalue weighted by Gasteiger charge is 2.26. The van der Waals surface area contributed by atoms with Gasteiger partial charge in [0.2, 0.25) is 0 Å². The number of rotatable bonds is 20. The van der Waals surface area contributed by atoms with Crippen LogP contribution < -0.4 is 47.9 Å². The van der Waals surface area contributed by atoms with Crippen LogP contribution in [0.25, 0.3) is 0 Å². The number of nitrogens with one attached hydrogen (secondary N) is 9. The Morgan fingerprint density at radius 3 is 1.16 bits per heavy atom. The summed E-state index contributed by atoms with van der Waals surface area (Å²) in [5, 5.41) is 40.0. The monoisotopic (exact) mass is 1470 g/mol. The Labute approximate surface area is 622 Å². The topological polar surface area (TPSA) is 258 Å². The smallest absolute Gasteiger partial charge is 0.259 e. The number of benzene rings is 5. The Kier molecular flexibility index (Phi) is 29.6. The van der Waals surface area contributed by atoms with Crippen LogP contribution in [0.4, 0.5) is 46.0 Å². The third-order valence-electron chi connectivity index (χ3n) is 17.5. The summed E-state index contributed by atoms with van der Waals surface area (Å²) >= 11 is 23.9. The molecule has 103 heavy (non-hydrogen) atoms. The number of piperidine rings is 4. The minimum atomic E-state index is -0.231. The van der Waals surface area contributed by atoms with Crippen molar-refractivity contribution in [1.29, 1.82) is 0 Å². The van der Waals surface area contributed by atoms with Gasteiger partial charge >= 0.3 is 0 Å². The molecule has 4 aliphatic rings. The number of aromatic nitrogens is 4. The molecule has 4 aliphatic heterocycles. The van der Waals surface area contributed by atoms with Crippen molar-refractivity contribution in [2.75, 3.05) is 115 Å². The standard InChI is InChI=1S/C24H25ClN4O.C19H23ClN4O2.C18H21ClN4O.C17H19ClN4O/c25-19-9-4-10-20(15-19)28-24(30)22-12-5-13-26-23(22)27-21-11-6-14-29(17-21)16-18-7-2-1-3-8-18;20-14-4-1-5-15(12-14)23-19(26)17-7-2-8-21-18(17)22-16-6-3-9-24(13-16)10-11-25;1-23-10-4-7-15(12-23)21-17-16(8-3-9-20-17)18(24)22-14-6-2-5-13(19)11-14;18-12-4-1-5-13(10-12)22-17(23)15-7-3-9-20-16(15)21-14-6-2-8-19-11-14/h1-5,7-10,12-13,15,21H,6,11,14,16-17H2,(H,26,27)(H,28,30);1-2,4-5,7-8,12,16,25H,3,6,9-11,13H2,(H,21,22)(H,23,26);2-3,5-6,8-9,11,15H,4,7,10,12H2,1H3,(H,20,21)(H,22,24);1,3-5,7,9-10,14,19H,2,6,8,11H2,(H,20,21)(H,22,23). The first-order valence-corrected chi connectivity index (χ1v) is 36.3. The number of aliphatic hydroxyl groups is 1. The zero-order valence-electron chi connectivity index (χ0n) is 57.5. The molecule has 538 valence electrons. The normalized spacial score (nSPS) is 17.5. The number of likely N-dealkylation sites (N-methyl/N-ethyl adjacent to an activating group) is 1. The second-order valence-electron chi connectivity index (χ2n) is 25.6. The molecule has 21 nitrogen and oxygen atoms in total. The van der Waals surface area contributed by atoms with Gasteiger partial charge < -0.3 is 57.9 Å². The summed E-state index contributed by atoms with van der Waals surface area (Å²) in [5.41, 5.74) is 6.03. The molecule has 5 aromatic carbocycles. The molecule has 13 rings (SSSR count). The fraction of sp³-hybridized carbons (Fsp3) is 0.308. The Hall–Kier alpha value is -9.26. The van der Waals surface area contributed by atoms with Crippen LogP contribution in [0.5, 0.6) is 0 Å². The van der Waals surface area contributed by atoms with E-state index in [0.717, 1.165) is 110 Å². The molecule has 0 radical (unpaired) electrons. The number of β-amino-alcohol motifs (C(OH)–C–C–N with tert-alkyl or cyclic N) is 1. The Bertz CT molecular complexity index is 4210. The lowest BCUT2D eigenvalue weighted by Gasteiger charge is -2.33. The summed E-state index contributed by atoms with van der Waals surface area (Å²) in [6, 6.07) is 54.1. The second-order valence-corrected chi connectivity index (χ2v) is 27.3. The maximum absolute atomic E-state index is 12.8. The third kappa shape index (κ3) is 24.7.